The molecule has 7 nitrogen and oxygen atoms in total. The van der Waals surface area contributed by atoms with Crippen LogP contribution in [0.1, 0.15) is 29.4 Å². The first kappa shape index (κ1) is 21.1. The SMILES string of the molecule is Cc1ccc(-c2noc(C(C)Sc3nc4ccccc4c(=O)n3Cc3ccco3)n2)cc1F. The molecule has 0 saturated carbocycles. The summed E-state index contributed by atoms with van der Waals surface area (Å²) < 4.78 is 26.4. The molecular formula is C24H19FN4O3S. The van der Waals surface area contributed by atoms with E-state index in [2.05, 4.69) is 10.1 Å². The van der Waals surface area contributed by atoms with E-state index in [9.17, 15) is 9.18 Å². The van der Waals surface area contributed by atoms with Gasteiger partial charge < -0.3 is 8.94 Å². The zero-order chi connectivity index (χ0) is 22.9. The molecule has 0 amide bonds. The number of thioether (sulfide) groups is 1. The molecule has 0 aliphatic carbocycles. The molecule has 2 aromatic carbocycles. The first-order valence-electron chi connectivity index (χ1n) is 10.3. The van der Waals surface area contributed by atoms with Gasteiger partial charge in [0.1, 0.15) is 11.6 Å². The third-order valence-electron chi connectivity index (χ3n) is 5.22. The second-order valence-electron chi connectivity index (χ2n) is 7.56. The fourth-order valence-electron chi connectivity index (χ4n) is 3.39. The van der Waals surface area contributed by atoms with Crippen molar-refractivity contribution >= 4 is 22.7 Å². The Balaban J connectivity index is 1.49. The van der Waals surface area contributed by atoms with Gasteiger partial charge in [0.2, 0.25) is 11.7 Å². The minimum atomic E-state index is -0.330. The van der Waals surface area contributed by atoms with Crippen LogP contribution in [0.5, 0.6) is 0 Å². The Morgan fingerprint density at radius 3 is 2.76 bits per heavy atom. The van der Waals surface area contributed by atoms with Crippen molar-refractivity contribution < 1.29 is 13.3 Å². The zero-order valence-corrected chi connectivity index (χ0v) is 18.7. The van der Waals surface area contributed by atoms with Gasteiger partial charge in [-0.15, -0.1) is 0 Å². The Morgan fingerprint density at radius 2 is 1.97 bits per heavy atom. The topological polar surface area (TPSA) is 87.0 Å². The lowest BCUT2D eigenvalue weighted by Gasteiger charge is -2.14. The number of benzene rings is 2. The van der Waals surface area contributed by atoms with Gasteiger partial charge in [0, 0.05) is 5.56 Å². The highest BCUT2D eigenvalue weighted by Gasteiger charge is 2.21. The number of hydrogen-bond donors (Lipinski definition) is 0. The van der Waals surface area contributed by atoms with Crippen LogP contribution in [0.25, 0.3) is 22.3 Å². The average molecular weight is 463 g/mol. The van der Waals surface area contributed by atoms with Crippen molar-refractivity contribution in [1.82, 2.24) is 19.7 Å². The molecule has 5 rings (SSSR count). The molecule has 3 heterocycles. The summed E-state index contributed by atoms with van der Waals surface area (Å²) in [5.41, 5.74) is 1.52. The quantitative estimate of drug-likeness (QED) is 0.247. The van der Waals surface area contributed by atoms with Crippen molar-refractivity contribution in [3.05, 3.63) is 94.2 Å². The Labute approximate surface area is 192 Å². The Hall–Kier alpha value is -3.72. The molecule has 0 bridgehead atoms. The molecule has 5 aromatic rings. The van der Waals surface area contributed by atoms with Gasteiger partial charge in [-0.1, -0.05) is 41.2 Å². The highest BCUT2D eigenvalue weighted by atomic mass is 32.2. The van der Waals surface area contributed by atoms with E-state index in [1.54, 1.807) is 48.1 Å². The number of para-hydroxylation sites is 1. The van der Waals surface area contributed by atoms with E-state index < -0.39 is 0 Å². The van der Waals surface area contributed by atoms with Crippen LogP contribution in [0.15, 0.2) is 79.8 Å². The molecule has 1 atom stereocenters. The van der Waals surface area contributed by atoms with Crippen molar-refractivity contribution in [3.63, 3.8) is 0 Å². The molecule has 0 spiro atoms. The number of halogens is 1. The minimum Gasteiger partial charge on any atom is -0.467 e. The predicted molar refractivity (Wildman–Crippen MR) is 123 cm³/mol. The highest BCUT2D eigenvalue weighted by Crippen LogP contribution is 2.34. The van der Waals surface area contributed by atoms with Crippen LogP contribution in [0.2, 0.25) is 0 Å². The molecule has 33 heavy (non-hydrogen) atoms. The van der Waals surface area contributed by atoms with Crippen molar-refractivity contribution in [2.75, 3.05) is 0 Å². The van der Waals surface area contributed by atoms with Gasteiger partial charge in [-0.2, -0.15) is 4.98 Å². The molecule has 0 fully saturated rings. The number of nitrogens with zero attached hydrogens (tertiary/aromatic N) is 4. The van der Waals surface area contributed by atoms with Crippen molar-refractivity contribution in [2.24, 2.45) is 0 Å². The van der Waals surface area contributed by atoms with Crippen molar-refractivity contribution in [1.29, 1.82) is 0 Å². The Kier molecular flexibility index (Phi) is 5.55. The van der Waals surface area contributed by atoms with E-state index >= 15 is 0 Å². The summed E-state index contributed by atoms with van der Waals surface area (Å²) in [7, 11) is 0. The lowest BCUT2D eigenvalue weighted by atomic mass is 10.1. The monoisotopic (exact) mass is 462 g/mol. The highest BCUT2D eigenvalue weighted by molar-refractivity contribution is 7.99. The van der Waals surface area contributed by atoms with Gasteiger partial charge in [0.05, 0.1) is 29.0 Å². The third-order valence-corrected chi connectivity index (χ3v) is 6.30. The summed E-state index contributed by atoms with van der Waals surface area (Å²) in [4.78, 5) is 22.4. The number of furan rings is 1. The molecule has 0 saturated heterocycles. The van der Waals surface area contributed by atoms with Crippen LogP contribution >= 0.6 is 11.8 Å². The van der Waals surface area contributed by atoms with Crippen LogP contribution in [-0.2, 0) is 6.54 Å². The normalized spacial score (nSPS) is 12.3. The van der Waals surface area contributed by atoms with Crippen LogP contribution in [0.4, 0.5) is 4.39 Å². The predicted octanol–water partition coefficient (Wildman–Crippen LogP) is 5.39. The maximum Gasteiger partial charge on any atom is 0.262 e. The molecule has 0 aliphatic rings. The summed E-state index contributed by atoms with van der Waals surface area (Å²) in [5.74, 6) is 0.965. The fraction of sp³-hybridized carbons (Fsp3) is 0.167. The second-order valence-corrected chi connectivity index (χ2v) is 8.87. The summed E-state index contributed by atoms with van der Waals surface area (Å²) in [6.07, 6.45) is 1.57. The van der Waals surface area contributed by atoms with Crippen LogP contribution < -0.4 is 5.56 Å². The van der Waals surface area contributed by atoms with E-state index in [1.807, 2.05) is 25.1 Å². The Morgan fingerprint density at radius 1 is 1.12 bits per heavy atom. The van der Waals surface area contributed by atoms with Gasteiger partial charge in [-0.3, -0.25) is 9.36 Å². The second kappa shape index (κ2) is 8.67. The molecule has 3 aromatic heterocycles. The van der Waals surface area contributed by atoms with Gasteiger partial charge >= 0.3 is 0 Å². The first-order chi connectivity index (χ1) is 16.0. The Bertz CT molecular complexity index is 1490. The van der Waals surface area contributed by atoms with Crippen LogP contribution in [0, 0.1) is 12.7 Å². The molecule has 0 aliphatic heterocycles. The number of aryl methyl sites for hydroxylation is 1. The summed E-state index contributed by atoms with van der Waals surface area (Å²) in [5, 5.41) is 4.73. The standard InChI is InChI=1S/C24H19FN4O3S/c1-14-9-10-16(12-19(14)25)21-27-22(32-28-21)15(2)33-24-26-20-8-4-3-7-18(20)23(30)29(24)13-17-6-5-11-31-17/h3-12,15H,13H2,1-2H3. The lowest BCUT2D eigenvalue weighted by Crippen LogP contribution is -2.24. The first-order valence-corrected chi connectivity index (χ1v) is 11.2. The summed E-state index contributed by atoms with van der Waals surface area (Å²) in [6, 6.07) is 15.6. The maximum absolute atomic E-state index is 13.9. The van der Waals surface area contributed by atoms with Crippen molar-refractivity contribution in [2.45, 2.75) is 30.8 Å². The largest absolute Gasteiger partial charge is 0.467 e. The van der Waals surface area contributed by atoms with Gasteiger partial charge in [-0.05, 0) is 49.7 Å². The maximum atomic E-state index is 13.9. The van der Waals surface area contributed by atoms with E-state index in [-0.39, 0.29) is 23.2 Å². The minimum absolute atomic E-state index is 0.159. The smallest absolute Gasteiger partial charge is 0.262 e. The summed E-state index contributed by atoms with van der Waals surface area (Å²) >= 11 is 1.33. The van der Waals surface area contributed by atoms with Gasteiger partial charge in [0.15, 0.2) is 5.16 Å². The third kappa shape index (κ3) is 4.19. The fourth-order valence-corrected chi connectivity index (χ4v) is 4.33. The number of aromatic nitrogens is 4. The number of fused-ring (bicyclic) bond motifs is 1. The molecule has 166 valence electrons. The average Bonchev–Trinajstić information content (AvgIpc) is 3.51. The van der Waals surface area contributed by atoms with Crippen LogP contribution in [-0.4, -0.2) is 19.7 Å². The zero-order valence-electron chi connectivity index (χ0n) is 17.9. The van der Waals surface area contributed by atoms with Crippen molar-refractivity contribution in [3.8, 4) is 11.4 Å². The van der Waals surface area contributed by atoms with Gasteiger partial charge in [-0.25, -0.2) is 9.37 Å². The molecular weight excluding hydrogens is 443 g/mol. The van der Waals surface area contributed by atoms with E-state index in [0.29, 0.717) is 44.7 Å². The lowest BCUT2D eigenvalue weighted by molar-refractivity contribution is 0.380. The van der Waals surface area contributed by atoms with E-state index in [0.717, 1.165) is 0 Å². The summed E-state index contributed by atoms with van der Waals surface area (Å²) in [6.45, 7) is 3.82. The van der Waals surface area contributed by atoms with E-state index in [1.165, 1.54) is 17.8 Å². The molecule has 1 unspecified atom stereocenters. The number of hydrogen-bond acceptors (Lipinski definition) is 7. The molecule has 0 N–H and O–H groups in total. The van der Waals surface area contributed by atoms with Gasteiger partial charge in [0.25, 0.3) is 5.56 Å². The number of rotatable bonds is 6. The van der Waals surface area contributed by atoms with E-state index in [4.69, 9.17) is 13.9 Å². The molecule has 9 heteroatoms. The molecule has 0 radical (unpaired) electrons. The van der Waals surface area contributed by atoms with Crippen LogP contribution in [0.3, 0.4) is 0 Å².